The van der Waals surface area contributed by atoms with Crippen LogP contribution in [0.4, 0.5) is 5.69 Å². The molecule has 2 amide bonds. The van der Waals surface area contributed by atoms with E-state index < -0.39 is 9.84 Å². The second kappa shape index (κ2) is 8.68. The molecule has 0 saturated carbocycles. The van der Waals surface area contributed by atoms with Crippen molar-refractivity contribution >= 4 is 39.1 Å². The number of hydrogen-bond donors (Lipinski definition) is 3. The van der Waals surface area contributed by atoms with Crippen molar-refractivity contribution in [2.75, 3.05) is 43.2 Å². The van der Waals surface area contributed by atoms with Crippen LogP contribution in [0.25, 0.3) is 0 Å². The molecule has 1 aliphatic heterocycles. The lowest BCUT2D eigenvalue weighted by atomic mass is 10.2. The molecule has 138 valence electrons. The van der Waals surface area contributed by atoms with Gasteiger partial charge in [0, 0.05) is 10.9 Å². The minimum absolute atomic E-state index is 0.00371. The Morgan fingerprint density at radius 3 is 2.56 bits per heavy atom. The van der Waals surface area contributed by atoms with Gasteiger partial charge in [-0.15, -0.1) is 11.8 Å². The molecule has 1 unspecified atom stereocenters. The Labute approximate surface area is 152 Å². The fourth-order valence-electron chi connectivity index (χ4n) is 2.74. The summed E-state index contributed by atoms with van der Waals surface area (Å²) in [7, 11) is -1.26. The summed E-state index contributed by atoms with van der Waals surface area (Å²) in [4.78, 5) is 25.9. The number of para-hydroxylation sites is 1. The molecule has 0 radical (unpaired) electrons. The lowest BCUT2D eigenvalue weighted by Gasteiger charge is -2.16. The smallest absolute Gasteiger partial charge is 0.279 e. The first-order chi connectivity index (χ1) is 11.8. The van der Waals surface area contributed by atoms with Gasteiger partial charge in [0.05, 0.1) is 24.2 Å². The Balaban J connectivity index is 1.78. The Hall–Kier alpha value is -1.58. The quantitative estimate of drug-likeness (QED) is 0.531. The standard InChI is InChI=1S/C16H23N3O4S2/c1-19(9-15(20)17-12-7-8-25(22,23)11-12)10-16(21)18-13-5-3-4-6-14(13)24-2/h3-6,12H,7-11H2,1-2H3,(H,17,20)(H,18,21)/p+1/t12-/m0/s1. The van der Waals surface area contributed by atoms with Gasteiger partial charge in [0.2, 0.25) is 0 Å². The van der Waals surface area contributed by atoms with E-state index in [1.165, 1.54) is 0 Å². The van der Waals surface area contributed by atoms with Crippen LogP contribution in [0.3, 0.4) is 0 Å². The zero-order valence-corrected chi connectivity index (χ0v) is 16.0. The van der Waals surface area contributed by atoms with Crippen LogP contribution in [0.15, 0.2) is 29.2 Å². The second-order valence-electron chi connectivity index (χ2n) is 6.23. The predicted octanol–water partition coefficient (Wildman–Crippen LogP) is -0.835. The highest BCUT2D eigenvalue weighted by Gasteiger charge is 2.29. The number of thioether (sulfide) groups is 1. The van der Waals surface area contributed by atoms with E-state index in [2.05, 4.69) is 10.6 Å². The van der Waals surface area contributed by atoms with Crippen LogP contribution in [0.1, 0.15) is 6.42 Å². The summed E-state index contributed by atoms with van der Waals surface area (Å²) in [5, 5.41) is 5.59. The third kappa shape index (κ3) is 6.33. The number of quaternary nitrogens is 1. The minimum Gasteiger partial charge on any atom is -0.347 e. The summed E-state index contributed by atoms with van der Waals surface area (Å²) >= 11 is 1.55. The number of carbonyl (C=O) groups excluding carboxylic acids is 2. The molecular formula is C16H24N3O4S2+. The van der Waals surface area contributed by atoms with E-state index >= 15 is 0 Å². The second-order valence-corrected chi connectivity index (χ2v) is 9.30. The van der Waals surface area contributed by atoms with Gasteiger partial charge in [0.15, 0.2) is 22.9 Å². The Morgan fingerprint density at radius 1 is 1.24 bits per heavy atom. The van der Waals surface area contributed by atoms with E-state index in [4.69, 9.17) is 0 Å². The summed E-state index contributed by atoms with van der Waals surface area (Å²) in [6.45, 7) is 0.271. The van der Waals surface area contributed by atoms with Crippen LogP contribution >= 0.6 is 11.8 Å². The Kier molecular flexibility index (Phi) is 6.86. The highest BCUT2D eigenvalue weighted by atomic mass is 32.2. The molecular weight excluding hydrogens is 362 g/mol. The van der Waals surface area contributed by atoms with E-state index in [0.29, 0.717) is 6.42 Å². The summed E-state index contributed by atoms with van der Waals surface area (Å²) < 4.78 is 22.8. The maximum Gasteiger partial charge on any atom is 0.279 e. The Morgan fingerprint density at radius 2 is 1.92 bits per heavy atom. The predicted molar refractivity (Wildman–Crippen MR) is 98.7 cm³/mol. The summed E-state index contributed by atoms with van der Waals surface area (Å²) in [6.07, 6.45) is 2.40. The van der Waals surface area contributed by atoms with Crippen molar-refractivity contribution < 1.29 is 22.9 Å². The van der Waals surface area contributed by atoms with Crippen molar-refractivity contribution in [3.63, 3.8) is 0 Å². The van der Waals surface area contributed by atoms with E-state index in [0.717, 1.165) is 15.5 Å². The van der Waals surface area contributed by atoms with E-state index in [1.54, 1.807) is 18.8 Å². The van der Waals surface area contributed by atoms with E-state index in [9.17, 15) is 18.0 Å². The van der Waals surface area contributed by atoms with Gasteiger partial charge in [-0.05, 0) is 24.8 Å². The first kappa shape index (κ1) is 19.7. The molecule has 1 aromatic carbocycles. The van der Waals surface area contributed by atoms with Crippen LogP contribution in [0.5, 0.6) is 0 Å². The van der Waals surface area contributed by atoms with Crippen LogP contribution in [0.2, 0.25) is 0 Å². The van der Waals surface area contributed by atoms with E-state index in [1.807, 2.05) is 30.5 Å². The minimum atomic E-state index is -3.02. The molecule has 2 rings (SSSR count). The van der Waals surface area contributed by atoms with Crippen LogP contribution in [-0.4, -0.2) is 64.2 Å². The summed E-state index contributed by atoms with van der Waals surface area (Å²) in [5.74, 6) is -0.283. The molecule has 0 bridgehead atoms. The fraction of sp³-hybridized carbons (Fsp3) is 0.500. The first-order valence-corrected chi connectivity index (χ1v) is 11.1. The monoisotopic (exact) mass is 386 g/mol. The lowest BCUT2D eigenvalue weighted by Crippen LogP contribution is -3.11. The van der Waals surface area contributed by atoms with Crippen LogP contribution in [0, 0.1) is 0 Å². The number of benzene rings is 1. The molecule has 2 atom stereocenters. The number of nitrogens with one attached hydrogen (secondary N) is 3. The van der Waals surface area contributed by atoms with Crippen molar-refractivity contribution in [3.8, 4) is 0 Å². The van der Waals surface area contributed by atoms with Gasteiger partial charge in [0.25, 0.3) is 11.8 Å². The third-order valence-corrected chi connectivity index (χ3v) is 6.47. The van der Waals surface area contributed by atoms with Crippen molar-refractivity contribution in [1.82, 2.24) is 5.32 Å². The maximum absolute atomic E-state index is 12.1. The van der Waals surface area contributed by atoms with Crippen LogP contribution in [-0.2, 0) is 19.4 Å². The maximum atomic E-state index is 12.1. The molecule has 1 heterocycles. The molecule has 0 aromatic heterocycles. The van der Waals surface area contributed by atoms with Crippen molar-refractivity contribution in [2.24, 2.45) is 0 Å². The number of hydrogen-bond acceptors (Lipinski definition) is 5. The molecule has 3 N–H and O–H groups in total. The summed E-state index contributed by atoms with van der Waals surface area (Å²) in [6, 6.07) is 7.22. The topological polar surface area (TPSA) is 96.8 Å². The van der Waals surface area contributed by atoms with E-state index in [-0.39, 0.29) is 42.5 Å². The molecule has 1 aliphatic rings. The van der Waals surface area contributed by atoms with Crippen molar-refractivity contribution in [3.05, 3.63) is 24.3 Å². The average Bonchev–Trinajstić information content (AvgIpc) is 2.85. The van der Waals surface area contributed by atoms with Crippen LogP contribution < -0.4 is 15.5 Å². The van der Waals surface area contributed by atoms with Crippen molar-refractivity contribution in [2.45, 2.75) is 17.4 Å². The average molecular weight is 387 g/mol. The number of carbonyl (C=O) groups is 2. The van der Waals surface area contributed by atoms with Crippen molar-refractivity contribution in [1.29, 1.82) is 0 Å². The highest BCUT2D eigenvalue weighted by molar-refractivity contribution is 7.98. The largest absolute Gasteiger partial charge is 0.347 e. The molecule has 1 saturated heterocycles. The van der Waals surface area contributed by atoms with Gasteiger partial charge < -0.3 is 15.5 Å². The SMILES string of the molecule is CSc1ccccc1NC(=O)C[NH+](C)CC(=O)N[C@H]1CCS(=O)(=O)C1. The normalized spacial score (nSPS) is 20.0. The van der Waals surface area contributed by atoms with Gasteiger partial charge in [0.1, 0.15) is 0 Å². The lowest BCUT2D eigenvalue weighted by molar-refractivity contribution is -0.862. The van der Waals surface area contributed by atoms with Gasteiger partial charge >= 0.3 is 0 Å². The molecule has 0 spiro atoms. The molecule has 0 aliphatic carbocycles. The van der Waals surface area contributed by atoms with Gasteiger partial charge in [-0.3, -0.25) is 9.59 Å². The number of anilines is 1. The number of rotatable bonds is 7. The molecule has 7 nitrogen and oxygen atoms in total. The zero-order valence-electron chi connectivity index (χ0n) is 14.4. The van der Waals surface area contributed by atoms with Gasteiger partial charge in [-0.1, -0.05) is 12.1 Å². The fourth-order valence-corrected chi connectivity index (χ4v) is 4.97. The number of sulfone groups is 1. The Bertz CT molecular complexity index is 737. The third-order valence-electron chi connectivity index (χ3n) is 3.90. The van der Waals surface area contributed by atoms with Gasteiger partial charge in [-0.2, -0.15) is 0 Å². The molecule has 1 aromatic rings. The molecule has 1 fully saturated rings. The first-order valence-electron chi connectivity index (χ1n) is 8.03. The number of likely N-dealkylation sites (N-methyl/N-ethyl adjacent to an activating group) is 1. The summed E-state index contributed by atoms with van der Waals surface area (Å²) in [5.41, 5.74) is 0.758. The number of amides is 2. The molecule has 9 heteroatoms. The molecule has 25 heavy (non-hydrogen) atoms. The zero-order chi connectivity index (χ0) is 18.4. The highest BCUT2D eigenvalue weighted by Crippen LogP contribution is 2.24. The van der Waals surface area contributed by atoms with Gasteiger partial charge in [-0.25, -0.2) is 8.42 Å².